The molecule has 0 aliphatic rings. The summed E-state index contributed by atoms with van der Waals surface area (Å²) in [7, 11) is 1.72. The number of fused-ring (bicyclic) bond motifs is 1. The number of nitrogens with one attached hydrogen (secondary N) is 1. The van der Waals surface area contributed by atoms with Gasteiger partial charge in [0, 0.05) is 25.5 Å². The van der Waals surface area contributed by atoms with Gasteiger partial charge in [0.25, 0.3) is 0 Å². The molecular weight excluding hydrogens is 334 g/mol. The quantitative estimate of drug-likeness (QED) is 0.714. The zero-order valence-corrected chi connectivity index (χ0v) is 16.3. The fraction of sp³-hybridized carbons (Fsp3) is 0.350. The molecule has 0 aliphatic carbocycles. The monoisotopic (exact) mass is 359 g/mol. The fourth-order valence-electron chi connectivity index (χ4n) is 3.11. The summed E-state index contributed by atoms with van der Waals surface area (Å²) in [5, 5.41) is 3.59. The van der Waals surface area contributed by atoms with Gasteiger partial charge in [-0.2, -0.15) is 0 Å². The molecule has 0 bridgehead atoms. The Kier molecular flexibility index (Phi) is 6.09. The average Bonchev–Trinajstić information content (AvgIpc) is 2.83. The van der Waals surface area contributed by atoms with Gasteiger partial charge in [-0.05, 0) is 56.0 Å². The third-order valence-electron chi connectivity index (χ3n) is 4.66. The van der Waals surface area contributed by atoms with E-state index in [2.05, 4.69) is 61.0 Å². The molecule has 134 valence electrons. The van der Waals surface area contributed by atoms with E-state index in [0.29, 0.717) is 6.61 Å². The van der Waals surface area contributed by atoms with Crippen molar-refractivity contribution in [1.82, 2.24) is 9.38 Å². The molecule has 0 aliphatic heterocycles. The first kappa shape index (κ1) is 19.3. The lowest BCUT2D eigenvalue weighted by molar-refractivity contribution is 0.184. The highest BCUT2D eigenvalue weighted by atomic mass is 35.5. The van der Waals surface area contributed by atoms with E-state index in [4.69, 9.17) is 9.72 Å². The van der Waals surface area contributed by atoms with Crippen LogP contribution in [0.25, 0.3) is 5.65 Å². The smallest absolute Gasteiger partial charge is 0.160 e. The number of imidazole rings is 1. The van der Waals surface area contributed by atoms with Crippen molar-refractivity contribution in [2.75, 3.05) is 12.4 Å². The van der Waals surface area contributed by atoms with Crippen LogP contribution in [0.3, 0.4) is 0 Å². The van der Waals surface area contributed by atoms with Gasteiger partial charge in [0.05, 0.1) is 18.0 Å². The molecule has 1 N–H and O–H groups in total. The molecule has 3 aromatic rings. The highest BCUT2D eigenvalue weighted by Gasteiger charge is 2.11. The number of hydrogen-bond donors (Lipinski definition) is 1. The molecule has 3 rings (SSSR count). The first-order valence-electron chi connectivity index (χ1n) is 8.27. The molecule has 0 saturated carbocycles. The number of nitrogens with zero attached hydrogens (tertiary/aromatic N) is 2. The third kappa shape index (κ3) is 3.80. The molecular formula is C20H26ClN3O. The summed E-state index contributed by atoms with van der Waals surface area (Å²) in [6.07, 6.45) is 2.11. The molecule has 4 nitrogen and oxygen atoms in total. The van der Waals surface area contributed by atoms with Gasteiger partial charge in [-0.15, -0.1) is 12.4 Å². The Morgan fingerprint density at radius 1 is 1.12 bits per heavy atom. The lowest BCUT2D eigenvalue weighted by Gasteiger charge is -2.14. The molecule has 0 radical (unpaired) electrons. The maximum atomic E-state index is 5.32. The topological polar surface area (TPSA) is 38.6 Å². The maximum Gasteiger partial charge on any atom is 0.160 e. The van der Waals surface area contributed by atoms with E-state index in [0.717, 1.165) is 34.8 Å². The van der Waals surface area contributed by atoms with Crippen molar-refractivity contribution in [1.29, 1.82) is 0 Å². The van der Waals surface area contributed by atoms with Crippen LogP contribution >= 0.6 is 12.4 Å². The Balaban J connectivity index is 0.00000225. The van der Waals surface area contributed by atoms with E-state index in [-0.39, 0.29) is 12.4 Å². The molecule has 2 heterocycles. The van der Waals surface area contributed by atoms with Crippen molar-refractivity contribution in [3.63, 3.8) is 0 Å². The Morgan fingerprint density at radius 2 is 1.80 bits per heavy atom. The number of hydrogen-bond acceptors (Lipinski definition) is 3. The molecule has 5 heteroatoms. The summed E-state index contributed by atoms with van der Waals surface area (Å²) in [5.74, 6) is 0. The Hall–Kier alpha value is -2.04. The molecule has 1 aromatic carbocycles. The summed E-state index contributed by atoms with van der Waals surface area (Å²) in [5.41, 5.74) is 9.32. The molecule has 0 atom stereocenters. The average molecular weight is 360 g/mol. The number of rotatable bonds is 5. The van der Waals surface area contributed by atoms with Crippen LogP contribution in [0.2, 0.25) is 0 Å². The number of benzene rings is 1. The second-order valence-corrected chi connectivity index (χ2v) is 6.40. The van der Waals surface area contributed by atoms with Gasteiger partial charge in [0.15, 0.2) is 5.65 Å². The van der Waals surface area contributed by atoms with Crippen molar-refractivity contribution >= 4 is 23.7 Å². The Labute approximate surface area is 155 Å². The number of pyridine rings is 1. The van der Waals surface area contributed by atoms with Crippen LogP contribution in [0.5, 0.6) is 0 Å². The van der Waals surface area contributed by atoms with Crippen LogP contribution in [0.1, 0.15) is 33.6 Å². The van der Waals surface area contributed by atoms with Crippen molar-refractivity contribution in [3.8, 4) is 0 Å². The van der Waals surface area contributed by atoms with Gasteiger partial charge in [-0.3, -0.25) is 0 Å². The summed E-state index contributed by atoms with van der Waals surface area (Å²) >= 11 is 0. The van der Waals surface area contributed by atoms with E-state index < -0.39 is 0 Å². The lowest BCUT2D eigenvalue weighted by Crippen LogP contribution is -2.06. The van der Waals surface area contributed by atoms with Crippen molar-refractivity contribution < 1.29 is 4.74 Å². The number of anilines is 1. The van der Waals surface area contributed by atoms with Crippen molar-refractivity contribution in [2.24, 2.45) is 0 Å². The van der Waals surface area contributed by atoms with Gasteiger partial charge in [0.2, 0.25) is 0 Å². The van der Waals surface area contributed by atoms with Crippen LogP contribution in [0.4, 0.5) is 5.69 Å². The van der Waals surface area contributed by atoms with Crippen molar-refractivity contribution in [3.05, 3.63) is 64.1 Å². The van der Waals surface area contributed by atoms with Gasteiger partial charge >= 0.3 is 0 Å². The molecule has 0 spiro atoms. The zero-order valence-electron chi connectivity index (χ0n) is 15.5. The van der Waals surface area contributed by atoms with Gasteiger partial charge < -0.3 is 14.5 Å². The molecule has 0 unspecified atom stereocenters. The van der Waals surface area contributed by atoms with E-state index in [9.17, 15) is 0 Å². The van der Waals surface area contributed by atoms with E-state index in [1.165, 1.54) is 16.7 Å². The number of halogens is 1. The second-order valence-electron chi connectivity index (χ2n) is 6.40. The Morgan fingerprint density at radius 3 is 2.44 bits per heavy atom. The number of aromatic nitrogens is 2. The van der Waals surface area contributed by atoms with Gasteiger partial charge in [-0.1, -0.05) is 18.2 Å². The highest BCUT2D eigenvalue weighted by molar-refractivity contribution is 5.85. The number of ether oxygens (including phenoxy) is 1. The fourth-order valence-corrected chi connectivity index (χ4v) is 3.11. The predicted octanol–water partition coefficient (Wildman–Crippen LogP) is 4.75. The number of aryl methyl sites for hydroxylation is 4. The minimum atomic E-state index is 0. The zero-order chi connectivity index (χ0) is 17.3. The first-order chi connectivity index (χ1) is 11.5. The van der Waals surface area contributed by atoms with Crippen LogP contribution in [0, 0.1) is 27.7 Å². The van der Waals surface area contributed by atoms with Crippen LogP contribution in [-0.4, -0.2) is 16.5 Å². The number of methoxy groups -OCH3 is 1. The minimum absolute atomic E-state index is 0. The highest BCUT2D eigenvalue weighted by Crippen LogP contribution is 2.24. The summed E-state index contributed by atoms with van der Waals surface area (Å²) < 4.78 is 7.47. The normalized spacial score (nSPS) is 10.8. The van der Waals surface area contributed by atoms with E-state index >= 15 is 0 Å². The summed E-state index contributed by atoms with van der Waals surface area (Å²) in [4.78, 5) is 4.73. The summed E-state index contributed by atoms with van der Waals surface area (Å²) in [6.45, 7) is 9.84. The van der Waals surface area contributed by atoms with Crippen LogP contribution in [-0.2, 0) is 17.9 Å². The minimum Gasteiger partial charge on any atom is -0.380 e. The van der Waals surface area contributed by atoms with Crippen LogP contribution in [0.15, 0.2) is 30.5 Å². The molecule has 0 fully saturated rings. The molecule has 0 saturated heterocycles. The Bertz CT molecular complexity index is 866. The SMILES string of the molecule is COCc1cc(NCc2c(C)cccc2C)c2nc(C)c(C)n2c1.Cl. The predicted molar refractivity (Wildman–Crippen MR) is 106 cm³/mol. The molecule has 25 heavy (non-hydrogen) atoms. The third-order valence-corrected chi connectivity index (χ3v) is 4.66. The molecule has 0 amide bonds. The van der Waals surface area contributed by atoms with Crippen LogP contribution < -0.4 is 5.32 Å². The standard InChI is InChI=1S/C20H25N3O.ClH/c1-13-7-6-8-14(2)18(13)10-21-19-9-17(12-24-5)11-23-16(4)15(3)22-20(19)23;/h6-9,11,21H,10,12H2,1-5H3;1H. The van der Waals surface area contributed by atoms with E-state index in [1.807, 2.05) is 6.92 Å². The molecule has 2 aromatic heterocycles. The first-order valence-corrected chi connectivity index (χ1v) is 8.27. The summed E-state index contributed by atoms with van der Waals surface area (Å²) in [6, 6.07) is 8.56. The lowest BCUT2D eigenvalue weighted by atomic mass is 10.0. The van der Waals surface area contributed by atoms with Gasteiger partial charge in [-0.25, -0.2) is 4.98 Å². The maximum absolute atomic E-state index is 5.32. The second kappa shape index (κ2) is 7.89. The van der Waals surface area contributed by atoms with Gasteiger partial charge in [0.1, 0.15) is 0 Å². The van der Waals surface area contributed by atoms with Crippen molar-refractivity contribution in [2.45, 2.75) is 40.8 Å². The van der Waals surface area contributed by atoms with E-state index in [1.54, 1.807) is 7.11 Å². The largest absolute Gasteiger partial charge is 0.380 e.